The summed E-state index contributed by atoms with van der Waals surface area (Å²) in [7, 11) is 0. The minimum atomic E-state index is -0.212. The first kappa shape index (κ1) is 11.7. The number of nitrogen functional groups attached to an aromatic ring is 1. The number of nitrogens with zero attached hydrogens (tertiary/aromatic N) is 1. The van der Waals surface area contributed by atoms with E-state index in [1.54, 1.807) is 0 Å². The third kappa shape index (κ3) is 2.86. The van der Waals surface area contributed by atoms with Gasteiger partial charge in [0.2, 0.25) is 0 Å². The van der Waals surface area contributed by atoms with E-state index in [9.17, 15) is 0 Å². The molecule has 1 heterocycles. The van der Waals surface area contributed by atoms with Gasteiger partial charge in [0, 0.05) is 12.1 Å². The second-order valence-corrected chi connectivity index (χ2v) is 5.28. The smallest absolute Gasteiger partial charge is 0.142 e. The fourth-order valence-electron chi connectivity index (χ4n) is 1.80. The van der Waals surface area contributed by atoms with Gasteiger partial charge in [-0.3, -0.25) is 0 Å². The lowest BCUT2D eigenvalue weighted by Gasteiger charge is -2.07. The molecule has 4 N–H and O–H groups in total. The first-order valence-corrected chi connectivity index (χ1v) is 6.62. The van der Waals surface area contributed by atoms with Crippen LogP contribution in [0.4, 0.5) is 10.8 Å². The summed E-state index contributed by atoms with van der Waals surface area (Å²) in [5.74, 6) is 1.34. The molecule has 2 rings (SSSR count). The molecule has 0 spiro atoms. The van der Waals surface area contributed by atoms with Gasteiger partial charge in [-0.05, 0) is 50.1 Å². The topological polar surface area (TPSA) is 71.2 Å². The Hall–Kier alpha value is -0.810. The molecule has 5 heteroatoms. The Kier molecular flexibility index (Phi) is 3.66. The number of aliphatic hydroxyl groups is 1. The second kappa shape index (κ2) is 5.01. The van der Waals surface area contributed by atoms with Gasteiger partial charge in [0.15, 0.2) is 0 Å². The van der Waals surface area contributed by atoms with Crippen LogP contribution in [0.25, 0.3) is 0 Å². The van der Waals surface area contributed by atoms with Crippen molar-refractivity contribution in [2.45, 2.75) is 44.6 Å². The predicted molar refractivity (Wildman–Crippen MR) is 67.9 cm³/mol. The summed E-state index contributed by atoms with van der Waals surface area (Å²) in [4.78, 5) is 0. The van der Waals surface area contributed by atoms with Crippen LogP contribution in [0.3, 0.4) is 0 Å². The molecule has 1 fully saturated rings. The van der Waals surface area contributed by atoms with Gasteiger partial charge in [0.05, 0.1) is 6.10 Å². The van der Waals surface area contributed by atoms with Crippen molar-refractivity contribution in [2.24, 2.45) is 0 Å². The molecule has 0 radical (unpaired) electrons. The van der Waals surface area contributed by atoms with Gasteiger partial charge in [0.25, 0.3) is 0 Å². The van der Waals surface area contributed by atoms with Crippen LogP contribution in [0, 0.1) is 0 Å². The van der Waals surface area contributed by atoms with Crippen molar-refractivity contribution in [3.05, 3.63) is 5.56 Å². The van der Waals surface area contributed by atoms with Crippen LogP contribution in [0.1, 0.15) is 44.1 Å². The Morgan fingerprint density at radius 2 is 2.38 bits per heavy atom. The van der Waals surface area contributed by atoms with Gasteiger partial charge in [-0.25, -0.2) is 0 Å². The van der Waals surface area contributed by atoms with E-state index in [-0.39, 0.29) is 6.10 Å². The van der Waals surface area contributed by atoms with Crippen molar-refractivity contribution in [1.29, 1.82) is 0 Å². The van der Waals surface area contributed by atoms with Gasteiger partial charge in [0.1, 0.15) is 10.8 Å². The monoisotopic (exact) mass is 241 g/mol. The van der Waals surface area contributed by atoms with Crippen molar-refractivity contribution >= 4 is 22.4 Å². The van der Waals surface area contributed by atoms with E-state index in [0.717, 1.165) is 24.4 Å². The van der Waals surface area contributed by atoms with E-state index in [0.29, 0.717) is 11.7 Å². The van der Waals surface area contributed by atoms with E-state index in [4.69, 9.17) is 10.8 Å². The average Bonchev–Trinajstić information content (AvgIpc) is 2.99. The Morgan fingerprint density at radius 3 is 3.00 bits per heavy atom. The molecular weight excluding hydrogens is 222 g/mol. The number of aromatic nitrogens is 1. The number of nitrogens with one attached hydrogen (secondary N) is 1. The third-order valence-electron chi connectivity index (χ3n) is 2.83. The van der Waals surface area contributed by atoms with Crippen LogP contribution in [0.5, 0.6) is 0 Å². The maximum atomic E-state index is 9.15. The fraction of sp³-hybridized carbons (Fsp3) is 0.727. The Bertz CT molecular complexity index is 347. The second-order valence-electron chi connectivity index (χ2n) is 4.50. The zero-order chi connectivity index (χ0) is 11.5. The van der Waals surface area contributed by atoms with E-state index in [2.05, 4.69) is 9.69 Å². The molecule has 0 aromatic carbocycles. The standard InChI is InChI=1S/C11H19N3OS/c1-7(15)3-2-6-13-11-9(8-4-5-8)10(12)14-16-11/h7-8,13,15H,2-6H2,1H3,(H2,12,14). The minimum Gasteiger partial charge on any atom is -0.393 e. The van der Waals surface area contributed by atoms with Gasteiger partial charge >= 0.3 is 0 Å². The van der Waals surface area contributed by atoms with Crippen LogP contribution in [0.2, 0.25) is 0 Å². The zero-order valence-electron chi connectivity index (χ0n) is 9.57. The molecule has 0 aliphatic heterocycles. The molecule has 1 aliphatic rings. The molecule has 4 nitrogen and oxygen atoms in total. The lowest BCUT2D eigenvalue weighted by molar-refractivity contribution is 0.183. The maximum absolute atomic E-state index is 9.15. The highest BCUT2D eigenvalue weighted by Gasteiger charge is 2.30. The lowest BCUT2D eigenvalue weighted by atomic mass is 10.2. The van der Waals surface area contributed by atoms with Gasteiger partial charge in [-0.15, -0.1) is 0 Å². The lowest BCUT2D eigenvalue weighted by Crippen LogP contribution is -2.06. The third-order valence-corrected chi connectivity index (χ3v) is 3.66. The molecule has 1 unspecified atom stereocenters. The highest BCUT2D eigenvalue weighted by atomic mass is 32.1. The van der Waals surface area contributed by atoms with Crippen molar-refractivity contribution in [1.82, 2.24) is 4.37 Å². The molecular formula is C11H19N3OS. The Balaban J connectivity index is 1.84. The Morgan fingerprint density at radius 1 is 1.62 bits per heavy atom. The molecule has 0 saturated heterocycles. The number of nitrogens with two attached hydrogens (primary N) is 1. The molecule has 0 bridgehead atoms. The summed E-state index contributed by atoms with van der Waals surface area (Å²) in [5, 5.41) is 13.7. The van der Waals surface area contributed by atoms with E-state index >= 15 is 0 Å². The molecule has 1 aromatic heterocycles. The van der Waals surface area contributed by atoms with Crippen LogP contribution in [-0.4, -0.2) is 22.1 Å². The highest BCUT2D eigenvalue weighted by Crippen LogP contribution is 2.47. The predicted octanol–water partition coefficient (Wildman–Crippen LogP) is 2.18. The van der Waals surface area contributed by atoms with Crippen LogP contribution in [0.15, 0.2) is 0 Å². The average molecular weight is 241 g/mol. The van der Waals surface area contributed by atoms with Crippen molar-refractivity contribution in [2.75, 3.05) is 17.6 Å². The number of aliphatic hydroxyl groups excluding tert-OH is 1. The zero-order valence-corrected chi connectivity index (χ0v) is 10.4. The minimum absolute atomic E-state index is 0.212. The summed E-state index contributed by atoms with van der Waals surface area (Å²) in [5.41, 5.74) is 7.08. The van der Waals surface area contributed by atoms with Gasteiger partial charge in [-0.1, -0.05) is 0 Å². The summed E-state index contributed by atoms with van der Waals surface area (Å²) in [6.07, 6.45) is 4.08. The first-order chi connectivity index (χ1) is 7.68. The number of anilines is 2. The SMILES string of the molecule is CC(O)CCCNc1snc(N)c1C1CC1. The molecule has 1 saturated carbocycles. The molecule has 90 valence electrons. The normalized spacial score (nSPS) is 17.4. The van der Waals surface area contributed by atoms with Crippen LogP contribution in [-0.2, 0) is 0 Å². The fourth-order valence-corrected chi connectivity index (χ4v) is 2.63. The number of rotatable bonds is 6. The van der Waals surface area contributed by atoms with Gasteiger partial charge < -0.3 is 16.2 Å². The van der Waals surface area contributed by atoms with Crippen LogP contribution < -0.4 is 11.1 Å². The van der Waals surface area contributed by atoms with Crippen molar-refractivity contribution < 1.29 is 5.11 Å². The van der Waals surface area contributed by atoms with E-state index in [1.165, 1.54) is 29.9 Å². The van der Waals surface area contributed by atoms with Crippen LogP contribution >= 0.6 is 11.5 Å². The highest BCUT2D eigenvalue weighted by molar-refractivity contribution is 7.10. The summed E-state index contributed by atoms with van der Waals surface area (Å²) in [6, 6.07) is 0. The molecule has 1 aromatic rings. The van der Waals surface area contributed by atoms with Crippen molar-refractivity contribution in [3.63, 3.8) is 0 Å². The molecule has 1 atom stereocenters. The van der Waals surface area contributed by atoms with E-state index in [1.807, 2.05) is 6.92 Å². The Labute approximate surface area is 100 Å². The summed E-state index contributed by atoms with van der Waals surface area (Å²) >= 11 is 1.45. The molecule has 16 heavy (non-hydrogen) atoms. The maximum Gasteiger partial charge on any atom is 0.142 e. The van der Waals surface area contributed by atoms with E-state index < -0.39 is 0 Å². The number of hydrogen-bond donors (Lipinski definition) is 3. The summed E-state index contributed by atoms with van der Waals surface area (Å²) in [6.45, 7) is 2.70. The molecule has 0 amide bonds. The molecule has 1 aliphatic carbocycles. The van der Waals surface area contributed by atoms with Crippen molar-refractivity contribution in [3.8, 4) is 0 Å². The largest absolute Gasteiger partial charge is 0.393 e. The first-order valence-electron chi connectivity index (χ1n) is 5.85. The van der Waals surface area contributed by atoms with Gasteiger partial charge in [-0.2, -0.15) is 4.37 Å². The summed E-state index contributed by atoms with van der Waals surface area (Å²) < 4.78 is 4.20. The quantitative estimate of drug-likeness (QED) is 0.668. The number of hydrogen-bond acceptors (Lipinski definition) is 5.